The fourth-order valence-corrected chi connectivity index (χ4v) is 3.45. The van der Waals surface area contributed by atoms with Gasteiger partial charge in [0.1, 0.15) is 0 Å². The molecule has 0 N–H and O–H groups in total. The number of hydrogen-bond acceptors (Lipinski definition) is 2. The van der Waals surface area contributed by atoms with Crippen LogP contribution >= 0.6 is 0 Å². The summed E-state index contributed by atoms with van der Waals surface area (Å²) in [5.41, 5.74) is 0.485. The van der Waals surface area contributed by atoms with E-state index in [0.717, 1.165) is 19.0 Å². The molecule has 3 heteroatoms. The SMILES string of the molecule is CC.CCC(=O)N1CC2(CCN(CCCC(C)C)CC2)C1. The van der Waals surface area contributed by atoms with Gasteiger partial charge in [-0.3, -0.25) is 4.79 Å². The lowest BCUT2D eigenvalue weighted by atomic mass is 9.72. The molecule has 1 amide bonds. The number of carbonyl (C=O) groups excluding carboxylic acids is 1. The maximum absolute atomic E-state index is 11.6. The molecule has 3 nitrogen and oxygen atoms in total. The van der Waals surface area contributed by atoms with Crippen molar-refractivity contribution in [3.63, 3.8) is 0 Å². The second kappa shape index (κ2) is 8.77. The highest BCUT2D eigenvalue weighted by Crippen LogP contribution is 2.40. The van der Waals surface area contributed by atoms with Crippen LogP contribution in [0.1, 0.15) is 66.7 Å². The minimum absolute atomic E-state index is 0.338. The molecule has 0 atom stereocenters. The first-order valence-electron chi connectivity index (χ1n) is 9.05. The van der Waals surface area contributed by atoms with E-state index >= 15 is 0 Å². The van der Waals surface area contributed by atoms with Gasteiger partial charge in [-0.05, 0) is 51.2 Å². The molecule has 0 aliphatic carbocycles. The van der Waals surface area contributed by atoms with Crippen LogP contribution in [0.5, 0.6) is 0 Å². The van der Waals surface area contributed by atoms with Gasteiger partial charge in [-0.25, -0.2) is 0 Å². The summed E-state index contributed by atoms with van der Waals surface area (Å²) in [7, 11) is 0. The number of amides is 1. The largest absolute Gasteiger partial charge is 0.341 e. The monoisotopic (exact) mass is 296 g/mol. The molecule has 124 valence electrons. The van der Waals surface area contributed by atoms with Crippen molar-refractivity contribution >= 4 is 5.91 Å². The smallest absolute Gasteiger partial charge is 0.222 e. The molecule has 21 heavy (non-hydrogen) atoms. The summed E-state index contributed by atoms with van der Waals surface area (Å²) in [4.78, 5) is 16.3. The van der Waals surface area contributed by atoms with Crippen LogP contribution in [-0.2, 0) is 4.79 Å². The van der Waals surface area contributed by atoms with E-state index in [1.807, 2.05) is 20.8 Å². The highest BCUT2D eigenvalue weighted by molar-refractivity contribution is 5.76. The van der Waals surface area contributed by atoms with E-state index in [1.54, 1.807) is 0 Å². The van der Waals surface area contributed by atoms with Crippen LogP contribution < -0.4 is 0 Å². The Morgan fingerprint density at radius 1 is 1.14 bits per heavy atom. The molecule has 0 aromatic rings. The van der Waals surface area contributed by atoms with Crippen LogP contribution in [0.15, 0.2) is 0 Å². The van der Waals surface area contributed by atoms with Gasteiger partial charge in [0.15, 0.2) is 0 Å². The quantitative estimate of drug-likeness (QED) is 0.771. The number of likely N-dealkylation sites (tertiary alicyclic amines) is 2. The standard InChI is InChI=1S/C16H30N2O.C2H6/c1-4-15(19)18-12-16(13-18)7-10-17(11-8-16)9-5-6-14(2)3;1-2/h14H,4-13H2,1-3H3;1-2H3. The molecule has 2 rings (SSSR count). The molecule has 2 saturated heterocycles. The van der Waals surface area contributed by atoms with E-state index in [-0.39, 0.29) is 0 Å². The van der Waals surface area contributed by atoms with E-state index in [4.69, 9.17) is 0 Å². The third-order valence-corrected chi connectivity index (χ3v) is 4.88. The van der Waals surface area contributed by atoms with Gasteiger partial charge in [0.05, 0.1) is 0 Å². The third kappa shape index (κ3) is 5.28. The minimum Gasteiger partial charge on any atom is -0.341 e. The van der Waals surface area contributed by atoms with Gasteiger partial charge >= 0.3 is 0 Å². The molecule has 2 aliphatic rings. The van der Waals surface area contributed by atoms with Gasteiger partial charge < -0.3 is 9.80 Å². The highest BCUT2D eigenvalue weighted by atomic mass is 16.2. The van der Waals surface area contributed by atoms with Crippen LogP contribution in [0, 0.1) is 11.3 Å². The summed E-state index contributed by atoms with van der Waals surface area (Å²) in [5, 5.41) is 0. The molecule has 0 radical (unpaired) electrons. The fourth-order valence-electron chi connectivity index (χ4n) is 3.45. The van der Waals surface area contributed by atoms with Gasteiger partial charge in [-0.1, -0.05) is 34.6 Å². The first-order chi connectivity index (χ1) is 10.0. The normalized spacial score (nSPS) is 21.0. The Balaban J connectivity index is 0.00000106. The van der Waals surface area contributed by atoms with E-state index in [9.17, 15) is 4.79 Å². The summed E-state index contributed by atoms with van der Waals surface area (Å²) in [6.07, 6.45) is 5.94. The summed E-state index contributed by atoms with van der Waals surface area (Å²) in [6, 6.07) is 0. The van der Waals surface area contributed by atoms with Crippen LogP contribution in [0.25, 0.3) is 0 Å². The van der Waals surface area contributed by atoms with Crippen molar-refractivity contribution in [1.82, 2.24) is 9.80 Å². The third-order valence-electron chi connectivity index (χ3n) is 4.88. The molecular formula is C18H36N2O. The zero-order valence-corrected chi connectivity index (χ0v) is 15.0. The van der Waals surface area contributed by atoms with Crippen molar-refractivity contribution in [2.24, 2.45) is 11.3 Å². The number of hydrogen-bond donors (Lipinski definition) is 0. The lowest BCUT2D eigenvalue weighted by Gasteiger charge is -2.54. The van der Waals surface area contributed by atoms with E-state index in [1.165, 1.54) is 45.3 Å². The summed E-state index contributed by atoms with van der Waals surface area (Å²) in [5.74, 6) is 1.17. The van der Waals surface area contributed by atoms with Crippen LogP contribution in [0.3, 0.4) is 0 Å². The molecule has 0 aromatic heterocycles. The van der Waals surface area contributed by atoms with Gasteiger partial charge in [-0.15, -0.1) is 0 Å². The molecular weight excluding hydrogens is 260 g/mol. The van der Waals surface area contributed by atoms with Crippen LogP contribution in [-0.4, -0.2) is 48.4 Å². The molecule has 2 heterocycles. The van der Waals surface area contributed by atoms with Crippen molar-refractivity contribution < 1.29 is 4.79 Å². The topological polar surface area (TPSA) is 23.6 Å². The predicted molar refractivity (Wildman–Crippen MR) is 90.4 cm³/mol. The summed E-state index contributed by atoms with van der Waals surface area (Å²) < 4.78 is 0. The van der Waals surface area contributed by atoms with E-state index in [2.05, 4.69) is 23.6 Å². The first kappa shape index (κ1) is 18.5. The van der Waals surface area contributed by atoms with Crippen LogP contribution in [0.2, 0.25) is 0 Å². The molecule has 2 fully saturated rings. The molecule has 1 spiro atoms. The Hall–Kier alpha value is -0.570. The van der Waals surface area contributed by atoms with Crippen molar-refractivity contribution in [2.75, 3.05) is 32.7 Å². The predicted octanol–water partition coefficient (Wildman–Crippen LogP) is 3.78. The molecule has 0 aromatic carbocycles. The number of carbonyl (C=O) groups is 1. The van der Waals surface area contributed by atoms with Gasteiger partial charge in [-0.2, -0.15) is 0 Å². The van der Waals surface area contributed by atoms with E-state index < -0.39 is 0 Å². The Bertz CT molecular complexity index is 298. The second-order valence-electron chi connectivity index (χ2n) is 6.98. The first-order valence-corrected chi connectivity index (χ1v) is 9.05. The summed E-state index contributed by atoms with van der Waals surface area (Å²) in [6.45, 7) is 16.4. The molecule has 0 saturated carbocycles. The maximum atomic E-state index is 11.6. The Morgan fingerprint density at radius 3 is 2.19 bits per heavy atom. The zero-order valence-electron chi connectivity index (χ0n) is 15.0. The van der Waals surface area contributed by atoms with Gasteiger partial charge in [0.2, 0.25) is 5.91 Å². The average molecular weight is 296 g/mol. The number of piperidine rings is 1. The van der Waals surface area contributed by atoms with Gasteiger partial charge in [0.25, 0.3) is 0 Å². The minimum atomic E-state index is 0.338. The van der Waals surface area contributed by atoms with Crippen molar-refractivity contribution in [3.8, 4) is 0 Å². The average Bonchev–Trinajstić information content (AvgIpc) is 2.46. The Kier molecular flexibility index (Phi) is 7.72. The lowest BCUT2D eigenvalue weighted by molar-refractivity contribution is -0.146. The van der Waals surface area contributed by atoms with E-state index in [0.29, 0.717) is 17.7 Å². The van der Waals surface area contributed by atoms with Crippen molar-refractivity contribution in [1.29, 1.82) is 0 Å². The van der Waals surface area contributed by atoms with Gasteiger partial charge in [0, 0.05) is 24.9 Å². The van der Waals surface area contributed by atoms with Crippen molar-refractivity contribution in [2.45, 2.75) is 66.7 Å². The Morgan fingerprint density at radius 2 is 1.71 bits per heavy atom. The molecule has 0 unspecified atom stereocenters. The van der Waals surface area contributed by atoms with Crippen molar-refractivity contribution in [3.05, 3.63) is 0 Å². The lowest BCUT2D eigenvalue weighted by Crippen LogP contribution is -2.61. The number of rotatable bonds is 5. The fraction of sp³-hybridized carbons (Fsp3) is 0.944. The highest BCUT2D eigenvalue weighted by Gasteiger charge is 2.45. The zero-order chi connectivity index (χ0) is 15.9. The second-order valence-corrected chi connectivity index (χ2v) is 6.98. The maximum Gasteiger partial charge on any atom is 0.222 e. The molecule has 2 aliphatic heterocycles. The number of nitrogens with zero attached hydrogens (tertiary/aromatic N) is 2. The Labute approximate surface area is 132 Å². The summed E-state index contributed by atoms with van der Waals surface area (Å²) >= 11 is 0. The molecule has 0 bridgehead atoms. The van der Waals surface area contributed by atoms with Crippen LogP contribution in [0.4, 0.5) is 0 Å².